The summed E-state index contributed by atoms with van der Waals surface area (Å²) in [7, 11) is 0. The van der Waals surface area contributed by atoms with Crippen molar-refractivity contribution in [3.63, 3.8) is 0 Å². The van der Waals surface area contributed by atoms with Crippen LogP contribution in [0, 0.1) is 0 Å². The van der Waals surface area contributed by atoms with E-state index in [-0.39, 0.29) is 0 Å². The molecule has 1 unspecified atom stereocenters. The Labute approximate surface area is 110 Å². The van der Waals surface area contributed by atoms with Crippen LogP contribution < -0.4 is 0 Å². The van der Waals surface area contributed by atoms with Gasteiger partial charge in [-0.25, -0.2) is 9.59 Å². The second-order valence-electron chi connectivity index (χ2n) is 4.19. The quantitative estimate of drug-likeness (QED) is 0.470. The molecular formula is C12H17NO6. The van der Waals surface area contributed by atoms with Gasteiger partial charge in [0.25, 0.3) is 0 Å². The van der Waals surface area contributed by atoms with Crippen LogP contribution in [0.15, 0.2) is 11.6 Å². The molecule has 106 valence electrons. The van der Waals surface area contributed by atoms with Crippen LogP contribution >= 0.6 is 0 Å². The number of ether oxygens (including phenoxy) is 2. The standard InChI is InChI=1S/C12H17NO6/c1-8(14)18-9(2)19-11(15)7-10-3-5-13(6-4-10)12(16)17/h7,9H,3-6H2,1-2H3,(H,16,17). The van der Waals surface area contributed by atoms with Crippen molar-refractivity contribution in [1.82, 2.24) is 4.90 Å². The van der Waals surface area contributed by atoms with Gasteiger partial charge in [0, 0.05) is 33.0 Å². The van der Waals surface area contributed by atoms with Crippen LogP contribution in [0.5, 0.6) is 0 Å². The number of carbonyl (C=O) groups is 3. The zero-order valence-electron chi connectivity index (χ0n) is 10.9. The molecule has 1 heterocycles. The summed E-state index contributed by atoms with van der Waals surface area (Å²) in [5, 5.41) is 8.78. The molecule has 0 aromatic rings. The number of likely N-dealkylation sites (tertiary alicyclic amines) is 1. The third-order valence-corrected chi connectivity index (χ3v) is 2.61. The van der Waals surface area contributed by atoms with Crippen molar-refractivity contribution < 1.29 is 29.0 Å². The lowest BCUT2D eigenvalue weighted by Gasteiger charge is -2.25. The zero-order chi connectivity index (χ0) is 14.4. The van der Waals surface area contributed by atoms with E-state index in [0.717, 1.165) is 5.57 Å². The lowest BCUT2D eigenvalue weighted by molar-refractivity contribution is -0.179. The SMILES string of the molecule is CC(=O)OC(C)OC(=O)C=C1CCN(C(=O)O)CC1. The molecule has 0 aliphatic carbocycles. The minimum atomic E-state index is -0.954. The molecule has 1 saturated heterocycles. The van der Waals surface area contributed by atoms with E-state index in [0.29, 0.717) is 25.9 Å². The third-order valence-electron chi connectivity index (χ3n) is 2.61. The number of nitrogens with zero attached hydrogens (tertiary/aromatic N) is 1. The average Bonchev–Trinajstić information content (AvgIpc) is 2.27. The summed E-state index contributed by atoms with van der Waals surface area (Å²) >= 11 is 0. The lowest BCUT2D eigenvalue weighted by atomic mass is 10.0. The highest BCUT2D eigenvalue weighted by Crippen LogP contribution is 2.16. The van der Waals surface area contributed by atoms with Gasteiger partial charge >= 0.3 is 18.0 Å². The summed E-state index contributed by atoms with van der Waals surface area (Å²) in [6.07, 6.45) is 0.456. The van der Waals surface area contributed by atoms with Crippen molar-refractivity contribution in [3.8, 4) is 0 Å². The van der Waals surface area contributed by atoms with Gasteiger partial charge in [-0.15, -0.1) is 0 Å². The molecule has 1 N–H and O–H groups in total. The van der Waals surface area contributed by atoms with Gasteiger partial charge in [0.1, 0.15) is 0 Å². The Kier molecular flexibility index (Phi) is 5.35. The molecule has 0 spiro atoms. The first-order valence-electron chi connectivity index (χ1n) is 5.93. The van der Waals surface area contributed by atoms with E-state index < -0.39 is 24.3 Å². The number of hydrogen-bond donors (Lipinski definition) is 1. The molecule has 1 amide bonds. The topological polar surface area (TPSA) is 93.1 Å². The third kappa shape index (κ3) is 5.41. The van der Waals surface area contributed by atoms with Gasteiger partial charge in [0.05, 0.1) is 0 Å². The zero-order valence-corrected chi connectivity index (χ0v) is 10.9. The highest BCUT2D eigenvalue weighted by Gasteiger charge is 2.19. The number of carboxylic acid groups (broad SMARTS) is 1. The van der Waals surface area contributed by atoms with Gasteiger partial charge in [-0.2, -0.15) is 0 Å². The van der Waals surface area contributed by atoms with Gasteiger partial charge in [-0.05, 0) is 12.8 Å². The van der Waals surface area contributed by atoms with Crippen molar-refractivity contribution in [3.05, 3.63) is 11.6 Å². The van der Waals surface area contributed by atoms with Crippen LogP contribution in [0.2, 0.25) is 0 Å². The fourth-order valence-electron chi connectivity index (χ4n) is 1.75. The molecule has 0 radical (unpaired) electrons. The van der Waals surface area contributed by atoms with Gasteiger partial charge in [-0.3, -0.25) is 4.79 Å². The van der Waals surface area contributed by atoms with E-state index in [1.165, 1.54) is 24.8 Å². The second-order valence-corrected chi connectivity index (χ2v) is 4.19. The van der Waals surface area contributed by atoms with Crippen LogP contribution in [0.4, 0.5) is 4.79 Å². The fraction of sp³-hybridized carbons (Fsp3) is 0.583. The van der Waals surface area contributed by atoms with Crippen molar-refractivity contribution in [2.24, 2.45) is 0 Å². The maximum absolute atomic E-state index is 11.5. The number of amides is 1. The highest BCUT2D eigenvalue weighted by atomic mass is 16.7. The number of piperidine rings is 1. The Morgan fingerprint density at radius 2 is 1.84 bits per heavy atom. The summed E-state index contributed by atoms with van der Waals surface area (Å²) in [5.74, 6) is -1.12. The number of hydrogen-bond acceptors (Lipinski definition) is 5. The normalized spacial score (nSPS) is 16.5. The van der Waals surface area contributed by atoms with Gasteiger partial charge in [0.2, 0.25) is 6.29 Å². The number of rotatable bonds is 3. The Morgan fingerprint density at radius 1 is 1.26 bits per heavy atom. The molecule has 1 aliphatic rings. The summed E-state index contributed by atoms with van der Waals surface area (Å²) in [4.78, 5) is 34.1. The minimum Gasteiger partial charge on any atom is -0.465 e. The van der Waals surface area contributed by atoms with Crippen LogP contribution in [0.25, 0.3) is 0 Å². The Hall–Kier alpha value is -2.05. The summed E-state index contributed by atoms with van der Waals surface area (Å²) in [5.41, 5.74) is 0.831. The first-order valence-corrected chi connectivity index (χ1v) is 5.93. The molecule has 7 heteroatoms. The van der Waals surface area contributed by atoms with E-state index in [1.54, 1.807) is 0 Å². The Morgan fingerprint density at radius 3 is 2.32 bits per heavy atom. The fourth-order valence-corrected chi connectivity index (χ4v) is 1.75. The molecule has 0 bridgehead atoms. The Balaban J connectivity index is 2.41. The maximum atomic E-state index is 11.5. The van der Waals surface area contributed by atoms with Gasteiger partial charge in [-0.1, -0.05) is 5.57 Å². The van der Waals surface area contributed by atoms with E-state index in [1.807, 2.05) is 0 Å². The van der Waals surface area contributed by atoms with E-state index in [2.05, 4.69) is 4.74 Å². The highest BCUT2D eigenvalue weighted by molar-refractivity contribution is 5.83. The van der Waals surface area contributed by atoms with Crippen LogP contribution in [0.3, 0.4) is 0 Å². The molecule has 1 fully saturated rings. The first kappa shape index (κ1) is 15.0. The predicted molar refractivity (Wildman–Crippen MR) is 64.2 cm³/mol. The Bertz CT molecular complexity index is 393. The summed E-state index contributed by atoms with van der Waals surface area (Å²) in [6.45, 7) is 3.41. The predicted octanol–water partition coefficient (Wildman–Crippen LogP) is 1.14. The average molecular weight is 271 g/mol. The first-order chi connectivity index (χ1) is 8.88. The number of carbonyl (C=O) groups excluding carboxylic acids is 2. The maximum Gasteiger partial charge on any atom is 0.407 e. The molecule has 7 nitrogen and oxygen atoms in total. The summed E-state index contributed by atoms with van der Waals surface area (Å²) < 4.78 is 9.51. The van der Waals surface area contributed by atoms with Crippen molar-refractivity contribution >= 4 is 18.0 Å². The molecule has 0 saturated carbocycles. The van der Waals surface area contributed by atoms with Crippen molar-refractivity contribution in [2.45, 2.75) is 33.0 Å². The van der Waals surface area contributed by atoms with Crippen molar-refractivity contribution in [1.29, 1.82) is 0 Å². The molecule has 0 aromatic heterocycles. The molecule has 1 rings (SSSR count). The van der Waals surface area contributed by atoms with E-state index in [9.17, 15) is 14.4 Å². The minimum absolute atomic E-state index is 0.369. The lowest BCUT2D eigenvalue weighted by Crippen LogP contribution is -2.35. The molecule has 1 aliphatic heterocycles. The summed E-state index contributed by atoms with van der Waals surface area (Å²) in [6, 6.07) is 0. The second kappa shape index (κ2) is 6.77. The number of esters is 2. The van der Waals surface area contributed by atoms with Crippen LogP contribution in [-0.4, -0.2) is 47.4 Å². The smallest absolute Gasteiger partial charge is 0.407 e. The molecule has 19 heavy (non-hydrogen) atoms. The molecule has 1 atom stereocenters. The van der Waals surface area contributed by atoms with Gasteiger partial charge in [0.15, 0.2) is 0 Å². The molecular weight excluding hydrogens is 254 g/mol. The largest absolute Gasteiger partial charge is 0.465 e. The van der Waals surface area contributed by atoms with Crippen molar-refractivity contribution in [2.75, 3.05) is 13.1 Å². The molecule has 0 aromatic carbocycles. The van der Waals surface area contributed by atoms with Gasteiger partial charge < -0.3 is 19.5 Å². The van der Waals surface area contributed by atoms with Crippen LogP contribution in [0.1, 0.15) is 26.7 Å². The van der Waals surface area contributed by atoms with Crippen LogP contribution in [-0.2, 0) is 19.1 Å². The van der Waals surface area contributed by atoms with E-state index in [4.69, 9.17) is 9.84 Å². The van der Waals surface area contributed by atoms with E-state index >= 15 is 0 Å². The monoisotopic (exact) mass is 271 g/mol.